The second kappa shape index (κ2) is 11.9. The number of rotatable bonds is 7. The molecule has 0 aromatic heterocycles. The molecule has 0 fully saturated rings. The average Bonchev–Trinajstić information content (AvgIpc) is 3.56. The SMILES string of the molecule is COC(=O)C1C(c2ccc3c(c2)OCO3)c2ccc(O)cc2C1(O)c1ccc(OC)cc1OCc1ccccc1.[Pr]. The molecule has 3 unspecified atom stereocenters. The van der Waals surface area contributed by atoms with E-state index < -0.39 is 23.4 Å². The third kappa shape index (κ3) is 5.13. The number of hydrogen-bond donors (Lipinski definition) is 2. The Bertz CT molecular complexity index is 1570. The van der Waals surface area contributed by atoms with Crippen LogP contribution in [-0.4, -0.2) is 37.2 Å². The number of phenolic OH excluding ortho intramolecular Hbond substituents is 1. The van der Waals surface area contributed by atoms with Gasteiger partial charge >= 0.3 is 5.97 Å². The fraction of sp³-hybridized carbons (Fsp3) is 0.219. The second-order valence-corrected chi connectivity index (χ2v) is 9.77. The predicted octanol–water partition coefficient (Wildman–Crippen LogP) is 4.88. The van der Waals surface area contributed by atoms with Crippen molar-refractivity contribution < 1.29 is 80.0 Å². The Balaban J connectivity index is 0.00000337. The van der Waals surface area contributed by atoms with Gasteiger partial charge in [-0.05, 0) is 58.7 Å². The van der Waals surface area contributed by atoms with Crippen molar-refractivity contribution in [3.05, 3.63) is 113 Å². The minimum absolute atomic E-state index is 0. The van der Waals surface area contributed by atoms with Gasteiger partial charge in [-0.1, -0.05) is 42.5 Å². The van der Waals surface area contributed by atoms with Crippen molar-refractivity contribution in [3.8, 4) is 28.7 Å². The molecule has 1 aliphatic heterocycles. The number of esters is 1. The van der Waals surface area contributed by atoms with Crippen LogP contribution in [-0.2, 0) is 21.7 Å². The number of ether oxygens (including phenoxy) is 5. The molecule has 41 heavy (non-hydrogen) atoms. The van der Waals surface area contributed by atoms with Gasteiger partial charge in [-0.2, -0.15) is 0 Å². The van der Waals surface area contributed by atoms with Gasteiger partial charge in [-0.25, -0.2) is 0 Å². The number of carbonyl (C=O) groups is 1. The fourth-order valence-electron chi connectivity index (χ4n) is 5.76. The van der Waals surface area contributed by atoms with Crippen LogP contribution in [0.15, 0.2) is 84.9 Å². The topological polar surface area (TPSA) is 104 Å². The maximum absolute atomic E-state index is 13.6. The van der Waals surface area contributed by atoms with Gasteiger partial charge in [-0.3, -0.25) is 4.79 Å². The van der Waals surface area contributed by atoms with Gasteiger partial charge in [0, 0.05) is 58.8 Å². The van der Waals surface area contributed by atoms with Crippen molar-refractivity contribution in [2.24, 2.45) is 5.92 Å². The summed E-state index contributed by atoms with van der Waals surface area (Å²) in [5.41, 5.74) is 1.10. The first kappa shape index (κ1) is 29.2. The van der Waals surface area contributed by atoms with E-state index in [0.29, 0.717) is 39.7 Å². The van der Waals surface area contributed by atoms with Crippen LogP contribution >= 0.6 is 0 Å². The summed E-state index contributed by atoms with van der Waals surface area (Å²) < 4.78 is 28.1. The van der Waals surface area contributed by atoms with Crippen LogP contribution in [0.5, 0.6) is 28.7 Å². The van der Waals surface area contributed by atoms with Crippen LogP contribution < -0.4 is 18.9 Å². The first-order chi connectivity index (χ1) is 19.4. The Morgan fingerprint density at radius 3 is 2.46 bits per heavy atom. The average molecular weight is 681 g/mol. The van der Waals surface area contributed by atoms with Crippen molar-refractivity contribution >= 4 is 5.97 Å². The number of carbonyl (C=O) groups excluding carboxylic acids is 1. The standard InChI is InChI=1S/C32H28O8.Pr/c1-36-22-10-12-24(27(16-22)38-17-19-6-4-3-5-7-19)32(35)25-15-21(33)9-11-23(25)29(30(32)31(34)37-2)20-8-13-26-28(14-20)40-18-39-26;/h3-16,29-30,33,35H,17-18H2,1-2H3;. The summed E-state index contributed by atoms with van der Waals surface area (Å²) in [6.45, 7) is 0.324. The molecule has 0 saturated heterocycles. The molecule has 4 aromatic rings. The van der Waals surface area contributed by atoms with Crippen LogP contribution in [0, 0.1) is 47.2 Å². The molecule has 0 bridgehead atoms. The molecule has 1 radical (unpaired) electrons. The van der Waals surface area contributed by atoms with Crippen molar-refractivity contribution in [1.29, 1.82) is 0 Å². The molecule has 6 rings (SSSR count). The quantitative estimate of drug-likeness (QED) is 0.267. The Kier molecular flexibility index (Phi) is 8.46. The van der Waals surface area contributed by atoms with Gasteiger partial charge in [0.15, 0.2) is 11.5 Å². The van der Waals surface area contributed by atoms with Gasteiger partial charge in [0.2, 0.25) is 6.79 Å². The Morgan fingerprint density at radius 2 is 1.71 bits per heavy atom. The van der Waals surface area contributed by atoms with Gasteiger partial charge in [0.05, 0.1) is 14.2 Å². The van der Waals surface area contributed by atoms with E-state index in [9.17, 15) is 15.0 Å². The fourth-order valence-corrected chi connectivity index (χ4v) is 5.76. The zero-order valence-electron chi connectivity index (χ0n) is 22.6. The van der Waals surface area contributed by atoms with E-state index in [0.717, 1.165) is 11.1 Å². The summed E-state index contributed by atoms with van der Waals surface area (Å²) in [5, 5.41) is 23.3. The number of aliphatic hydroxyl groups is 1. The van der Waals surface area contributed by atoms with Crippen molar-refractivity contribution in [2.75, 3.05) is 21.0 Å². The van der Waals surface area contributed by atoms with E-state index in [4.69, 9.17) is 23.7 Å². The zero-order valence-corrected chi connectivity index (χ0v) is 26.3. The van der Waals surface area contributed by atoms with Crippen molar-refractivity contribution in [3.63, 3.8) is 0 Å². The molecule has 9 heteroatoms. The smallest absolute Gasteiger partial charge is 0.313 e. The number of aromatic hydroxyl groups is 1. The van der Waals surface area contributed by atoms with Crippen LogP contribution in [0.1, 0.15) is 33.7 Å². The van der Waals surface area contributed by atoms with Crippen LogP contribution in [0.4, 0.5) is 0 Å². The summed E-state index contributed by atoms with van der Waals surface area (Å²) >= 11 is 0. The zero-order chi connectivity index (χ0) is 27.9. The molecule has 1 heterocycles. The van der Waals surface area contributed by atoms with Crippen LogP contribution in [0.3, 0.4) is 0 Å². The first-order valence-corrected chi connectivity index (χ1v) is 12.8. The van der Waals surface area contributed by atoms with Crippen molar-refractivity contribution in [2.45, 2.75) is 18.1 Å². The van der Waals surface area contributed by atoms with E-state index in [-0.39, 0.29) is 60.4 Å². The molecule has 207 valence electrons. The summed E-state index contributed by atoms with van der Waals surface area (Å²) in [6, 6.07) is 24.9. The van der Waals surface area contributed by atoms with Gasteiger partial charge in [-0.15, -0.1) is 0 Å². The number of methoxy groups -OCH3 is 2. The first-order valence-electron chi connectivity index (χ1n) is 12.8. The number of fused-ring (bicyclic) bond motifs is 2. The maximum atomic E-state index is 13.6. The largest absolute Gasteiger partial charge is 0.508 e. The van der Waals surface area contributed by atoms with Crippen LogP contribution in [0.2, 0.25) is 0 Å². The summed E-state index contributed by atoms with van der Waals surface area (Å²) in [6.07, 6.45) is 0. The molecule has 1 aliphatic carbocycles. The number of hydrogen-bond acceptors (Lipinski definition) is 8. The van der Waals surface area contributed by atoms with E-state index >= 15 is 0 Å². The predicted molar refractivity (Wildman–Crippen MR) is 145 cm³/mol. The van der Waals surface area contributed by atoms with E-state index in [1.807, 2.05) is 42.5 Å². The molecule has 3 atom stereocenters. The normalized spacial score (nSPS) is 20.1. The molecular formula is C32H28O8Pr. The molecule has 0 amide bonds. The Morgan fingerprint density at radius 1 is 0.927 bits per heavy atom. The molecule has 0 saturated carbocycles. The van der Waals surface area contributed by atoms with E-state index in [1.54, 1.807) is 43.5 Å². The summed E-state index contributed by atoms with van der Waals surface area (Å²) in [5.74, 6) is -0.420. The summed E-state index contributed by atoms with van der Waals surface area (Å²) in [4.78, 5) is 13.6. The second-order valence-electron chi connectivity index (χ2n) is 9.77. The molecule has 0 spiro atoms. The van der Waals surface area contributed by atoms with E-state index in [1.165, 1.54) is 13.2 Å². The third-order valence-corrected chi connectivity index (χ3v) is 7.61. The molecule has 8 nitrogen and oxygen atoms in total. The van der Waals surface area contributed by atoms with Gasteiger partial charge in [0.1, 0.15) is 35.4 Å². The molecule has 2 aliphatic rings. The number of benzene rings is 4. The molecule has 2 N–H and O–H groups in total. The molecule has 4 aromatic carbocycles. The molecular weight excluding hydrogens is 653 g/mol. The minimum Gasteiger partial charge on any atom is -0.508 e. The van der Waals surface area contributed by atoms with Gasteiger partial charge in [0.25, 0.3) is 0 Å². The Labute approximate surface area is 270 Å². The van der Waals surface area contributed by atoms with E-state index in [2.05, 4.69) is 0 Å². The summed E-state index contributed by atoms with van der Waals surface area (Å²) in [7, 11) is 2.83. The minimum atomic E-state index is -1.93. The van der Waals surface area contributed by atoms with Crippen LogP contribution in [0.25, 0.3) is 0 Å². The number of phenols is 1. The Hall–Kier alpha value is -3.33. The maximum Gasteiger partial charge on any atom is 0.313 e. The third-order valence-electron chi connectivity index (χ3n) is 7.61. The van der Waals surface area contributed by atoms with Gasteiger partial charge < -0.3 is 33.9 Å². The monoisotopic (exact) mass is 681 g/mol. The van der Waals surface area contributed by atoms with Crippen molar-refractivity contribution in [1.82, 2.24) is 0 Å².